The number of methoxy groups -OCH3 is 1. The van der Waals surface area contributed by atoms with E-state index in [-0.39, 0.29) is 5.91 Å². The summed E-state index contributed by atoms with van der Waals surface area (Å²) in [5, 5.41) is 5.17. The number of nitrogens with one attached hydrogen (secondary N) is 2. The smallest absolute Gasteiger partial charge is 0.271 e. The maximum absolute atomic E-state index is 12.2. The molecule has 6 heteroatoms. The third-order valence-electron chi connectivity index (χ3n) is 3.72. The molecule has 0 saturated carbocycles. The third kappa shape index (κ3) is 3.28. The molecule has 2 aromatic carbocycles. The molecule has 0 radical (unpaired) electrons. The monoisotopic (exact) mass is 433 g/mol. The number of carbonyl (C=O) groups excluding carboxylic acids is 1. The minimum absolute atomic E-state index is 0.260. The first kappa shape index (κ1) is 16.5. The molecule has 0 unspecified atom stereocenters. The van der Waals surface area contributed by atoms with Gasteiger partial charge in [-0.3, -0.25) is 4.79 Å². The van der Waals surface area contributed by atoms with Gasteiger partial charge in [-0.1, -0.05) is 18.2 Å². The number of hydrazone groups is 1. The second-order valence-corrected chi connectivity index (χ2v) is 6.42. The van der Waals surface area contributed by atoms with Crippen LogP contribution in [0, 0.1) is 10.5 Å². The number of rotatable bonds is 4. The van der Waals surface area contributed by atoms with Crippen LogP contribution in [-0.4, -0.2) is 24.2 Å². The van der Waals surface area contributed by atoms with Gasteiger partial charge in [-0.25, -0.2) is 5.43 Å². The summed E-state index contributed by atoms with van der Waals surface area (Å²) in [7, 11) is 1.60. The van der Waals surface area contributed by atoms with E-state index in [1.54, 1.807) is 31.5 Å². The Morgan fingerprint density at radius 2 is 2.08 bits per heavy atom. The lowest BCUT2D eigenvalue weighted by Crippen LogP contribution is -2.17. The number of hydrogen-bond donors (Lipinski definition) is 2. The van der Waals surface area contributed by atoms with E-state index in [1.165, 1.54) is 0 Å². The number of aromatic nitrogens is 1. The van der Waals surface area contributed by atoms with E-state index >= 15 is 0 Å². The van der Waals surface area contributed by atoms with Gasteiger partial charge in [0.25, 0.3) is 5.91 Å². The third-order valence-corrected chi connectivity index (χ3v) is 4.56. The first-order valence-electron chi connectivity index (χ1n) is 7.34. The topological polar surface area (TPSA) is 66.5 Å². The number of aryl methyl sites for hydroxylation is 1. The fourth-order valence-electron chi connectivity index (χ4n) is 2.49. The van der Waals surface area contributed by atoms with Crippen molar-refractivity contribution >= 4 is 45.6 Å². The van der Waals surface area contributed by atoms with E-state index in [1.807, 2.05) is 31.2 Å². The second kappa shape index (κ2) is 7.04. The molecule has 0 bridgehead atoms. The SMILES string of the molecule is COc1ccc(C(=O)NN=Cc2c(C)[nH]c3ccccc23)cc1I. The summed E-state index contributed by atoms with van der Waals surface area (Å²) in [5.41, 5.74) is 6.13. The molecule has 0 saturated heterocycles. The lowest BCUT2D eigenvalue weighted by molar-refractivity contribution is 0.0955. The Hall–Kier alpha value is -2.35. The van der Waals surface area contributed by atoms with Crippen molar-refractivity contribution in [3.63, 3.8) is 0 Å². The Labute approximate surface area is 153 Å². The summed E-state index contributed by atoms with van der Waals surface area (Å²) >= 11 is 2.13. The van der Waals surface area contributed by atoms with Crippen LogP contribution < -0.4 is 10.2 Å². The van der Waals surface area contributed by atoms with E-state index in [0.717, 1.165) is 31.5 Å². The van der Waals surface area contributed by atoms with Gasteiger partial charge in [-0.15, -0.1) is 0 Å². The lowest BCUT2D eigenvalue weighted by atomic mass is 10.1. The van der Waals surface area contributed by atoms with E-state index in [2.05, 4.69) is 38.1 Å². The Morgan fingerprint density at radius 1 is 1.29 bits per heavy atom. The summed E-state index contributed by atoms with van der Waals surface area (Å²) in [6.07, 6.45) is 1.67. The molecule has 24 heavy (non-hydrogen) atoms. The molecule has 1 aromatic heterocycles. The number of hydrogen-bond acceptors (Lipinski definition) is 3. The average molecular weight is 433 g/mol. The normalized spacial score (nSPS) is 11.1. The minimum Gasteiger partial charge on any atom is -0.496 e. The molecule has 0 spiro atoms. The van der Waals surface area contributed by atoms with Gasteiger partial charge >= 0.3 is 0 Å². The first-order chi connectivity index (χ1) is 11.6. The highest BCUT2D eigenvalue weighted by atomic mass is 127. The van der Waals surface area contributed by atoms with Gasteiger partial charge in [-0.05, 0) is 53.8 Å². The summed E-state index contributed by atoms with van der Waals surface area (Å²) in [6.45, 7) is 1.98. The number of ether oxygens (including phenoxy) is 1. The summed E-state index contributed by atoms with van der Waals surface area (Å²) in [4.78, 5) is 15.5. The average Bonchev–Trinajstić information content (AvgIpc) is 2.90. The quantitative estimate of drug-likeness (QED) is 0.373. The zero-order valence-corrected chi connectivity index (χ0v) is 15.4. The number of H-pyrrole nitrogens is 1. The Balaban J connectivity index is 1.77. The van der Waals surface area contributed by atoms with Crippen LogP contribution in [0.1, 0.15) is 21.6 Å². The molecule has 0 atom stereocenters. The summed E-state index contributed by atoms with van der Waals surface area (Å²) in [5.74, 6) is 0.481. The number of nitrogens with zero attached hydrogens (tertiary/aromatic N) is 1. The Bertz CT molecular complexity index is 931. The molecule has 2 N–H and O–H groups in total. The predicted molar refractivity (Wildman–Crippen MR) is 104 cm³/mol. The molecular weight excluding hydrogens is 417 g/mol. The van der Waals surface area contributed by atoms with Crippen molar-refractivity contribution in [3.05, 3.63) is 62.9 Å². The van der Waals surface area contributed by atoms with E-state index < -0.39 is 0 Å². The number of amides is 1. The molecule has 0 fully saturated rings. The van der Waals surface area contributed by atoms with Crippen molar-refractivity contribution in [1.82, 2.24) is 10.4 Å². The molecule has 122 valence electrons. The van der Waals surface area contributed by atoms with Crippen molar-refractivity contribution in [1.29, 1.82) is 0 Å². The van der Waals surface area contributed by atoms with Crippen LogP contribution >= 0.6 is 22.6 Å². The van der Waals surface area contributed by atoms with E-state index in [9.17, 15) is 4.79 Å². The molecule has 5 nitrogen and oxygen atoms in total. The highest BCUT2D eigenvalue weighted by Crippen LogP contribution is 2.22. The van der Waals surface area contributed by atoms with Crippen LogP contribution in [0.5, 0.6) is 5.75 Å². The maximum atomic E-state index is 12.2. The molecule has 3 aromatic rings. The van der Waals surface area contributed by atoms with Crippen LogP contribution in [0.2, 0.25) is 0 Å². The van der Waals surface area contributed by atoms with Crippen molar-refractivity contribution in [2.45, 2.75) is 6.92 Å². The van der Waals surface area contributed by atoms with Crippen LogP contribution in [0.4, 0.5) is 0 Å². The number of fused-ring (bicyclic) bond motifs is 1. The van der Waals surface area contributed by atoms with Gasteiger partial charge in [0.1, 0.15) is 5.75 Å². The van der Waals surface area contributed by atoms with Gasteiger partial charge in [0.2, 0.25) is 0 Å². The Kier molecular flexibility index (Phi) is 4.84. The van der Waals surface area contributed by atoms with Crippen molar-refractivity contribution in [2.24, 2.45) is 5.10 Å². The van der Waals surface area contributed by atoms with Gasteiger partial charge in [0.05, 0.1) is 16.9 Å². The molecule has 1 heterocycles. The number of para-hydroxylation sites is 1. The van der Waals surface area contributed by atoms with Crippen molar-refractivity contribution in [3.8, 4) is 5.75 Å². The van der Waals surface area contributed by atoms with Crippen molar-refractivity contribution in [2.75, 3.05) is 7.11 Å². The molecule has 0 aliphatic heterocycles. The predicted octanol–water partition coefficient (Wildman–Crippen LogP) is 3.85. The zero-order chi connectivity index (χ0) is 17.1. The first-order valence-corrected chi connectivity index (χ1v) is 8.42. The Morgan fingerprint density at radius 3 is 2.83 bits per heavy atom. The van der Waals surface area contributed by atoms with Gasteiger partial charge in [0.15, 0.2) is 0 Å². The van der Waals surface area contributed by atoms with Crippen molar-refractivity contribution < 1.29 is 9.53 Å². The van der Waals surface area contributed by atoms with Crippen LogP contribution in [0.15, 0.2) is 47.6 Å². The lowest BCUT2D eigenvalue weighted by Gasteiger charge is -2.05. The van der Waals surface area contributed by atoms with Gasteiger partial charge < -0.3 is 9.72 Å². The summed E-state index contributed by atoms with van der Waals surface area (Å²) in [6, 6.07) is 13.2. The van der Waals surface area contributed by atoms with Gasteiger partial charge in [0, 0.05) is 27.7 Å². The van der Waals surface area contributed by atoms with E-state index in [0.29, 0.717) is 5.56 Å². The summed E-state index contributed by atoms with van der Waals surface area (Å²) < 4.78 is 6.07. The molecule has 0 aliphatic carbocycles. The fraction of sp³-hybridized carbons (Fsp3) is 0.111. The highest BCUT2D eigenvalue weighted by Gasteiger charge is 2.09. The highest BCUT2D eigenvalue weighted by molar-refractivity contribution is 14.1. The minimum atomic E-state index is -0.260. The van der Waals surface area contributed by atoms with Crippen LogP contribution in [0.3, 0.4) is 0 Å². The number of aromatic amines is 1. The fourth-order valence-corrected chi connectivity index (χ4v) is 3.23. The molecular formula is C18H16IN3O2. The molecule has 3 rings (SSSR count). The second-order valence-electron chi connectivity index (χ2n) is 5.26. The largest absolute Gasteiger partial charge is 0.496 e. The zero-order valence-electron chi connectivity index (χ0n) is 13.3. The van der Waals surface area contributed by atoms with E-state index in [4.69, 9.17) is 4.74 Å². The maximum Gasteiger partial charge on any atom is 0.271 e. The number of benzene rings is 2. The molecule has 1 amide bonds. The van der Waals surface area contributed by atoms with Crippen LogP contribution in [0.25, 0.3) is 10.9 Å². The standard InChI is InChI=1S/C18H16IN3O2/c1-11-14(13-5-3-4-6-16(13)21-11)10-20-22-18(23)12-7-8-17(24-2)15(19)9-12/h3-10,21H,1-2H3,(H,22,23). The van der Waals surface area contributed by atoms with Crippen LogP contribution in [-0.2, 0) is 0 Å². The number of halogens is 1. The number of carbonyl (C=O) groups is 1. The molecule has 0 aliphatic rings. The van der Waals surface area contributed by atoms with Gasteiger partial charge in [-0.2, -0.15) is 5.10 Å².